The normalized spacial score (nSPS) is 35.0. The first-order valence-corrected chi connectivity index (χ1v) is 8.16. The van der Waals surface area contributed by atoms with Crippen molar-refractivity contribution in [2.24, 2.45) is 11.7 Å². The van der Waals surface area contributed by atoms with Crippen LogP contribution in [0.5, 0.6) is 0 Å². The van der Waals surface area contributed by atoms with Gasteiger partial charge in [0.2, 0.25) is 0 Å². The van der Waals surface area contributed by atoms with E-state index in [0.717, 1.165) is 18.5 Å². The number of likely N-dealkylation sites (N-methyl/N-ethyl adjacent to an activating group) is 1. The van der Waals surface area contributed by atoms with E-state index in [9.17, 15) is 0 Å². The lowest BCUT2D eigenvalue weighted by Crippen LogP contribution is -2.55. The third kappa shape index (κ3) is 3.71. The van der Waals surface area contributed by atoms with Gasteiger partial charge in [-0.2, -0.15) is 0 Å². The molecule has 2 saturated carbocycles. The van der Waals surface area contributed by atoms with Crippen LogP contribution in [0, 0.1) is 5.92 Å². The molecule has 2 aliphatic rings. The minimum Gasteiger partial charge on any atom is -0.324 e. The Kier molecular flexibility index (Phi) is 5.08. The molecule has 2 fully saturated rings. The van der Waals surface area contributed by atoms with E-state index >= 15 is 0 Å². The van der Waals surface area contributed by atoms with Crippen molar-refractivity contribution >= 4 is 0 Å². The molecule has 2 unspecified atom stereocenters. The monoisotopic (exact) mass is 252 g/mol. The predicted octanol–water partition coefficient (Wildman–Crippen LogP) is 3.55. The zero-order chi connectivity index (χ0) is 13.0. The summed E-state index contributed by atoms with van der Waals surface area (Å²) >= 11 is 0. The summed E-state index contributed by atoms with van der Waals surface area (Å²) in [6.45, 7) is 7.00. The molecule has 2 rings (SSSR count). The molecule has 0 heterocycles. The second kappa shape index (κ2) is 6.38. The van der Waals surface area contributed by atoms with E-state index in [1.165, 1.54) is 64.3 Å². The van der Waals surface area contributed by atoms with Crippen molar-refractivity contribution in [3.8, 4) is 0 Å². The quantitative estimate of drug-likeness (QED) is 0.829. The standard InChI is InChI=1S/C16H32N2/c1-3-18(15-9-5-4-6-10-15)13-16(17)11-7-8-14(2)12-16/h14-15H,3-13,17H2,1-2H3. The summed E-state index contributed by atoms with van der Waals surface area (Å²) in [6.07, 6.45) is 12.3. The van der Waals surface area contributed by atoms with Crippen molar-refractivity contribution in [1.29, 1.82) is 0 Å². The molecule has 0 amide bonds. The highest BCUT2D eigenvalue weighted by atomic mass is 15.2. The van der Waals surface area contributed by atoms with Gasteiger partial charge in [-0.15, -0.1) is 0 Å². The maximum Gasteiger partial charge on any atom is 0.0286 e. The second-order valence-electron chi connectivity index (χ2n) is 6.92. The smallest absolute Gasteiger partial charge is 0.0286 e. The van der Waals surface area contributed by atoms with E-state index in [-0.39, 0.29) is 5.54 Å². The van der Waals surface area contributed by atoms with E-state index in [4.69, 9.17) is 5.73 Å². The SMILES string of the molecule is CCN(CC1(N)CCCC(C)C1)C1CCCCC1. The van der Waals surface area contributed by atoms with Gasteiger partial charge in [0.1, 0.15) is 0 Å². The molecule has 2 atom stereocenters. The molecular formula is C16H32N2. The van der Waals surface area contributed by atoms with Crippen LogP contribution in [0.15, 0.2) is 0 Å². The molecule has 2 nitrogen and oxygen atoms in total. The summed E-state index contributed by atoms with van der Waals surface area (Å²) < 4.78 is 0. The molecule has 0 aromatic carbocycles. The fraction of sp³-hybridized carbons (Fsp3) is 1.00. The largest absolute Gasteiger partial charge is 0.324 e. The van der Waals surface area contributed by atoms with Crippen molar-refractivity contribution in [3.63, 3.8) is 0 Å². The summed E-state index contributed by atoms with van der Waals surface area (Å²) in [5, 5.41) is 0. The minimum absolute atomic E-state index is 0.102. The number of hydrogen-bond donors (Lipinski definition) is 1. The Morgan fingerprint density at radius 3 is 2.44 bits per heavy atom. The van der Waals surface area contributed by atoms with Crippen LogP contribution in [0.4, 0.5) is 0 Å². The van der Waals surface area contributed by atoms with Crippen molar-refractivity contribution in [2.45, 2.75) is 83.2 Å². The molecule has 2 aliphatic carbocycles. The van der Waals surface area contributed by atoms with Crippen molar-refractivity contribution in [3.05, 3.63) is 0 Å². The second-order valence-corrected chi connectivity index (χ2v) is 6.92. The Bertz CT molecular complexity index is 247. The van der Waals surface area contributed by atoms with E-state index in [1.807, 2.05) is 0 Å². The Labute approximate surface area is 113 Å². The van der Waals surface area contributed by atoms with E-state index in [1.54, 1.807) is 0 Å². The van der Waals surface area contributed by atoms with Crippen molar-refractivity contribution in [2.75, 3.05) is 13.1 Å². The topological polar surface area (TPSA) is 29.3 Å². The van der Waals surface area contributed by atoms with Crippen LogP contribution in [0.2, 0.25) is 0 Å². The summed E-state index contributed by atoms with van der Waals surface area (Å²) in [4.78, 5) is 2.69. The molecule has 18 heavy (non-hydrogen) atoms. The van der Waals surface area contributed by atoms with Crippen LogP contribution in [-0.2, 0) is 0 Å². The highest BCUT2D eigenvalue weighted by Gasteiger charge is 2.34. The van der Waals surface area contributed by atoms with Gasteiger partial charge in [0.25, 0.3) is 0 Å². The number of nitrogens with zero attached hydrogens (tertiary/aromatic N) is 1. The maximum atomic E-state index is 6.69. The molecule has 2 heteroatoms. The molecule has 0 aromatic rings. The van der Waals surface area contributed by atoms with Crippen LogP contribution in [0.1, 0.15) is 71.6 Å². The lowest BCUT2D eigenvalue weighted by atomic mass is 9.76. The van der Waals surface area contributed by atoms with Crippen molar-refractivity contribution < 1.29 is 0 Å². The third-order valence-corrected chi connectivity index (χ3v) is 5.14. The van der Waals surface area contributed by atoms with Crippen LogP contribution in [0.3, 0.4) is 0 Å². The Hall–Kier alpha value is -0.0800. The molecule has 0 aliphatic heterocycles. The van der Waals surface area contributed by atoms with E-state index < -0.39 is 0 Å². The van der Waals surface area contributed by atoms with Crippen LogP contribution >= 0.6 is 0 Å². The Morgan fingerprint density at radius 1 is 1.11 bits per heavy atom. The lowest BCUT2D eigenvalue weighted by molar-refractivity contribution is 0.100. The Balaban J connectivity index is 1.91. The molecule has 0 aromatic heterocycles. The average molecular weight is 252 g/mol. The summed E-state index contributed by atoms with van der Waals surface area (Å²) in [5.41, 5.74) is 6.79. The zero-order valence-electron chi connectivity index (χ0n) is 12.5. The zero-order valence-corrected chi connectivity index (χ0v) is 12.5. The molecule has 0 radical (unpaired) electrons. The molecule has 0 bridgehead atoms. The average Bonchev–Trinajstić information content (AvgIpc) is 2.37. The van der Waals surface area contributed by atoms with E-state index in [0.29, 0.717) is 0 Å². The first kappa shape index (κ1) is 14.3. The molecule has 0 spiro atoms. The summed E-state index contributed by atoms with van der Waals surface area (Å²) in [7, 11) is 0. The summed E-state index contributed by atoms with van der Waals surface area (Å²) in [5.74, 6) is 0.828. The highest BCUT2D eigenvalue weighted by Crippen LogP contribution is 2.32. The molecule has 106 valence electrons. The van der Waals surface area contributed by atoms with Crippen LogP contribution in [0.25, 0.3) is 0 Å². The molecular weight excluding hydrogens is 220 g/mol. The van der Waals surface area contributed by atoms with Gasteiger partial charge in [-0.25, -0.2) is 0 Å². The van der Waals surface area contributed by atoms with Gasteiger partial charge in [0.15, 0.2) is 0 Å². The van der Waals surface area contributed by atoms with E-state index in [2.05, 4.69) is 18.7 Å². The lowest BCUT2D eigenvalue weighted by Gasteiger charge is -2.43. The predicted molar refractivity (Wildman–Crippen MR) is 78.7 cm³/mol. The van der Waals surface area contributed by atoms with Crippen molar-refractivity contribution in [1.82, 2.24) is 4.90 Å². The fourth-order valence-corrected chi connectivity index (χ4v) is 4.19. The number of nitrogens with two attached hydrogens (primary N) is 1. The van der Waals surface area contributed by atoms with Gasteiger partial charge < -0.3 is 5.73 Å². The highest BCUT2D eigenvalue weighted by molar-refractivity contribution is 4.93. The van der Waals surface area contributed by atoms with Gasteiger partial charge in [-0.1, -0.05) is 46.0 Å². The molecule has 2 N–H and O–H groups in total. The first-order chi connectivity index (χ1) is 8.63. The van der Waals surface area contributed by atoms with Gasteiger partial charge >= 0.3 is 0 Å². The fourth-order valence-electron chi connectivity index (χ4n) is 4.19. The number of hydrogen-bond acceptors (Lipinski definition) is 2. The van der Waals surface area contributed by atoms with Gasteiger partial charge in [-0.05, 0) is 38.1 Å². The Morgan fingerprint density at radius 2 is 1.83 bits per heavy atom. The minimum atomic E-state index is 0.102. The van der Waals surface area contributed by atoms with Gasteiger partial charge in [-0.3, -0.25) is 4.90 Å². The number of rotatable bonds is 4. The van der Waals surface area contributed by atoms with Crippen LogP contribution < -0.4 is 5.73 Å². The maximum absolute atomic E-state index is 6.69. The first-order valence-electron chi connectivity index (χ1n) is 8.16. The van der Waals surface area contributed by atoms with Gasteiger partial charge in [0, 0.05) is 18.1 Å². The third-order valence-electron chi connectivity index (χ3n) is 5.14. The van der Waals surface area contributed by atoms with Gasteiger partial charge in [0.05, 0.1) is 0 Å². The summed E-state index contributed by atoms with van der Waals surface area (Å²) in [6, 6.07) is 0.821. The molecule has 0 saturated heterocycles. The van der Waals surface area contributed by atoms with Crippen LogP contribution in [-0.4, -0.2) is 29.6 Å².